The second-order valence-corrected chi connectivity index (χ2v) is 8.80. The van der Waals surface area contributed by atoms with E-state index in [0.717, 1.165) is 32.7 Å². The molecule has 132 valence electrons. The number of likely N-dealkylation sites (N-methyl/N-ethyl adjacent to an activating group) is 1. The fourth-order valence-electron chi connectivity index (χ4n) is 2.88. The number of hydrogen-bond acceptors (Lipinski definition) is 5. The van der Waals surface area contributed by atoms with Crippen molar-refractivity contribution in [3.8, 4) is 0 Å². The van der Waals surface area contributed by atoms with E-state index in [-0.39, 0.29) is 17.9 Å². The first kappa shape index (κ1) is 20.1. The molecule has 9 heteroatoms. The maximum atomic E-state index is 12.6. The highest BCUT2D eigenvalue weighted by atomic mass is 35.5. The molecule has 0 radical (unpaired) electrons. The normalized spacial score (nSPS) is 24.2. The Kier molecular flexibility index (Phi) is 7.07. The smallest absolute Gasteiger partial charge is 0.282 e. The molecule has 0 spiro atoms. The van der Waals surface area contributed by atoms with Gasteiger partial charge in [-0.15, -0.1) is 12.4 Å². The minimum absolute atomic E-state index is 0. The van der Waals surface area contributed by atoms with Crippen LogP contribution in [0.15, 0.2) is 0 Å². The molecule has 0 amide bonds. The van der Waals surface area contributed by atoms with Gasteiger partial charge in [-0.3, -0.25) is 4.90 Å². The van der Waals surface area contributed by atoms with Crippen molar-refractivity contribution >= 4 is 22.6 Å². The summed E-state index contributed by atoms with van der Waals surface area (Å²) in [6.07, 6.45) is 0. The highest BCUT2D eigenvalue weighted by Gasteiger charge is 2.34. The van der Waals surface area contributed by atoms with Crippen LogP contribution in [0.2, 0.25) is 0 Å². The van der Waals surface area contributed by atoms with Gasteiger partial charge in [0.2, 0.25) is 0 Å². The van der Waals surface area contributed by atoms with Gasteiger partial charge in [-0.1, -0.05) is 0 Å². The number of nitrogens with zero attached hydrogens (tertiary/aromatic N) is 4. The first-order valence-electron chi connectivity index (χ1n) is 7.63. The molecule has 22 heavy (non-hydrogen) atoms. The van der Waals surface area contributed by atoms with Crippen molar-refractivity contribution in [2.75, 3.05) is 66.0 Å². The number of halogens is 1. The van der Waals surface area contributed by atoms with Crippen molar-refractivity contribution in [1.82, 2.24) is 18.4 Å². The summed E-state index contributed by atoms with van der Waals surface area (Å²) in [5.41, 5.74) is 5.79. The summed E-state index contributed by atoms with van der Waals surface area (Å²) in [6.45, 7) is 10.2. The van der Waals surface area contributed by atoms with Crippen LogP contribution in [0.25, 0.3) is 0 Å². The average molecular weight is 356 g/mol. The van der Waals surface area contributed by atoms with Crippen LogP contribution in [0.3, 0.4) is 0 Å². The van der Waals surface area contributed by atoms with Crippen molar-refractivity contribution < 1.29 is 8.42 Å². The van der Waals surface area contributed by atoms with Crippen molar-refractivity contribution in [3.63, 3.8) is 0 Å². The van der Waals surface area contributed by atoms with E-state index < -0.39 is 10.2 Å². The van der Waals surface area contributed by atoms with E-state index in [9.17, 15) is 8.42 Å². The standard InChI is InChI=1S/C13H29N5O2S.ClH/c1-13(2,14)12-16-6-10-18(11-7-16)21(19,20)17-8-4-15(3)5-9-17;/h4-12,14H2,1-3H3;1H. The van der Waals surface area contributed by atoms with Gasteiger partial charge < -0.3 is 10.6 Å². The van der Waals surface area contributed by atoms with E-state index in [1.54, 1.807) is 8.61 Å². The topological polar surface area (TPSA) is 73.1 Å². The van der Waals surface area contributed by atoms with Crippen LogP contribution in [-0.4, -0.2) is 98.3 Å². The van der Waals surface area contributed by atoms with E-state index in [4.69, 9.17) is 5.73 Å². The molecule has 0 unspecified atom stereocenters. The summed E-state index contributed by atoms with van der Waals surface area (Å²) in [4.78, 5) is 4.41. The molecule has 2 N–H and O–H groups in total. The summed E-state index contributed by atoms with van der Waals surface area (Å²) >= 11 is 0. The number of rotatable bonds is 4. The molecular formula is C13H30ClN5O2S. The summed E-state index contributed by atoms with van der Waals surface area (Å²) in [6, 6.07) is 0. The Bertz CT molecular complexity index is 438. The molecular weight excluding hydrogens is 326 g/mol. The molecule has 0 aromatic heterocycles. The van der Waals surface area contributed by atoms with E-state index in [2.05, 4.69) is 9.80 Å². The van der Waals surface area contributed by atoms with Crippen molar-refractivity contribution in [3.05, 3.63) is 0 Å². The van der Waals surface area contributed by atoms with Crippen LogP contribution in [0, 0.1) is 0 Å². The molecule has 2 fully saturated rings. The quantitative estimate of drug-likeness (QED) is 0.718. The van der Waals surface area contributed by atoms with Crippen LogP contribution >= 0.6 is 12.4 Å². The van der Waals surface area contributed by atoms with Crippen LogP contribution in [0.1, 0.15) is 13.8 Å². The third-order valence-electron chi connectivity index (χ3n) is 4.08. The fourth-order valence-corrected chi connectivity index (χ4v) is 4.45. The largest absolute Gasteiger partial charge is 0.324 e. The average Bonchev–Trinajstić information content (AvgIpc) is 2.38. The van der Waals surface area contributed by atoms with Gasteiger partial charge >= 0.3 is 0 Å². The molecule has 0 aromatic carbocycles. The van der Waals surface area contributed by atoms with E-state index in [1.165, 1.54) is 0 Å². The highest BCUT2D eigenvalue weighted by molar-refractivity contribution is 7.86. The summed E-state index contributed by atoms with van der Waals surface area (Å²) < 4.78 is 28.5. The molecule has 7 nitrogen and oxygen atoms in total. The second-order valence-electron chi connectivity index (χ2n) is 6.87. The second kappa shape index (κ2) is 7.74. The molecule has 2 aliphatic rings. The summed E-state index contributed by atoms with van der Waals surface area (Å²) in [5, 5.41) is 0. The molecule has 2 saturated heterocycles. The predicted octanol–water partition coefficient (Wildman–Crippen LogP) is -0.745. The van der Waals surface area contributed by atoms with Crippen molar-refractivity contribution in [1.29, 1.82) is 0 Å². The van der Waals surface area contributed by atoms with E-state index in [1.807, 2.05) is 20.9 Å². The number of piperazine rings is 2. The molecule has 2 heterocycles. The summed E-state index contributed by atoms with van der Waals surface area (Å²) in [5.74, 6) is 0. The first-order valence-corrected chi connectivity index (χ1v) is 9.03. The molecule has 0 bridgehead atoms. The highest BCUT2D eigenvalue weighted by Crippen LogP contribution is 2.15. The lowest BCUT2D eigenvalue weighted by molar-refractivity contribution is 0.151. The first-order chi connectivity index (χ1) is 9.68. The Labute approximate surface area is 141 Å². The van der Waals surface area contributed by atoms with Gasteiger partial charge in [0.05, 0.1) is 0 Å². The lowest BCUT2D eigenvalue weighted by atomic mass is 10.1. The van der Waals surface area contributed by atoms with E-state index in [0.29, 0.717) is 26.2 Å². The zero-order valence-electron chi connectivity index (χ0n) is 13.9. The number of hydrogen-bond donors (Lipinski definition) is 1. The van der Waals surface area contributed by atoms with Gasteiger partial charge in [0, 0.05) is 64.4 Å². The third-order valence-corrected chi connectivity index (χ3v) is 6.11. The van der Waals surface area contributed by atoms with Crippen LogP contribution in [0.4, 0.5) is 0 Å². The lowest BCUT2D eigenvalue weighted by Gasteiger charge is -2.40. The summed E-state index contributed by atoms with van der Waals surface area (Å²) in [7, 11) is -1.27. The SMILES string of the molecule is CN1CCN(S(=O)(=O)N2CCN(CC(C)(C)N)CC2)CC1.Cl. The van der Waals surface area contributed by atoms with Gasteiger partial charge in [-0.2, -0.15) is 17.0 Å². The molecule has 2 aliphatic heterocycles. The van der Waals surface area contributed by atoms with E-state index >= 15 is 0 Å². The van der Waals surface area contributed by atoms with Gasteiger partial charge in [0.15, 0.2) is 0 Å². The van der Waals surface area contributed by atoms with Gasteiger partial charge in [0.1, 0.15) is 0 Å². The van der Waals surface area contributed by atoms with Crippen LogP contribution in [0.5, 0.6) is 0 Å². The zero-order chi connectivity index (χ0) is 15.7. The minimum atomic E-state index is -3.29. The monoisotopic (exact) mass is 355 g/mol. The zero-order valence-corrected chi connectivity index (χ0v) is 15.5. The Morgan fingerprint density at radius 3 is 1.73 bits per heavy atom. The maximum absolute atomic E-state index is 12.6. The Balaban J connectivity index is 0.00000242. The Morgan fingerprint density at radius 2 is 1.32 bits per heavy atom. The lowest BCUT2D eigenvalue weighted by Crippen LogP contribution is -2.58. The molecule has 2 rings (SSSR count). The minimum Gasteiger partial charge on any atom is -0.324 e. The third kappa shape index (κ3) is 5.30. The van der Waals surface area contributed by atoms with Gasteiger partial charge in [0.25, 0.3) is 10.2 Å². The van der Waals surface area contributed by atoms with Crippen molar-refractivity contribution in [2.45, 2.75) is 19.4 Å². The van der Waals surface area contributed by atoms with Gasteiger partial charge in [-0.05, 0) is 20.9 Å². The Hall–Kier alpha value is 0.0400. The van der Waals surface area contributed by atoms with Crippen LogP contribution < -0.4 is 5.73 Å². The van der Waals surface area contributed by atoms with Crippen molar-refractivity contribution in [2.24, 2.45) is 5.73 Å². The molecule has 0 aliphatic carbocycles. The van der Waals surface area contributed by atoms with Crippen LogP contribution in [-0.2, 0) is 10.2 Å². The fraction of sp³-hybridized carbons (Fsp3) is 1.00. The number of nitrogens with two attached hydrogens (primary N) is 1. The predicted molar refractivity (Wildman–Crippen MR) is 91.5 cm³/mol. The molecule has 0 atom stereocenters. The Morgan fingerprint density at radius 1 is 0.909 bits per heavy atom. The van der Waals surface area contributed by atoms with Gasteiger partial charge in [-0.25, -0.2) is 0 Å². The molecule has 0 saturated carbocycles. The molecule has 0 aromatic rings. The maximum Gasteiger partial charge on any atom is 0.282 e.